The number of hydrogen-bond acceptors (Lipinski definition) is 1. The summed E-state index contributed by atoms with van der Waals surface area (Å²) >= 11 is 0. The van der Waals surface area contributed by atoms with Gasteiger partial charge in [-0.05, 0) is 6.07 Å². The summed E-state index contributed by atoms with van der Waals surface area (Å²) in [5.41, 5.74) is 1.15. The fraction of sp³-hybridized carbons (Fsp3) is 0.400. The third-order valence-electron chi connectivity index (χ3n) is 1.59. The Hall–Kier alpha value is -0.980. The molecule has 1 heteroatoms. The normalized spacial score (nSPS) is 11.5. The van der Waals surface area contributed by atoms with Crippen LogP contribution in [0.5, 0.6) is 0 Å². The molecule has 0 amide bonds. The van der Waals surface area contributed by atoms with Crippen molar-refractivity contribution in [2.24, 2.45) is 0 Å². The van der Waals surface area contributed by atoms with E-state index in [1.165, 1.54) is 0 Å². The van der Waals surface area contributed by atoms with Crippen LogP contribution in [0.3, 0.4) is 0 Å². The first-order chi connectivity index (χ1) is 5.04. The molecule has 0 radical (unpaired) electrons. The lowest BCUT2D eigenvalue weighted by atomic mass is 9.93. The highest BCUT2D eigenvalue weighted by Crippen LogP contribution is 2.24. The SMILES string of the molecule is C=Cc1coc(C(C)(C)C)c1. The molecule has 1 heterocycles. The molecular weight excluding hydrogens is 136 g/mol. The van der Waals surface area contributed by atoms with Gasteiger partial charge in [-0.2, -0.15) is 0 Å². The highest BCUT2D eigenvalue weighted by Gasteiger charge is 2.17. The Bertz CT molecular complexity index is 250. The van der Waals surface area contributed by atoms with Crippen molar-refractivity contribution >= 4 is 6.08 Å². The number of hydrogen-bond donors (Lipinski definition) is 0. The zero-order valence-electron chi connectivity index (χ0n) is 7.35. The Morgan fingerprint density at radius 3 is 2.36 bits per heavy atom. The van der Waals surface area contributed by atoms with Gasteiger partial charge in [0, 0.05) is 11.0 Å². The van der Waals surface area contributed by atoms with Crippen LogP contribution in [0.4, 0.5) is 0 Å². The van der Waals surface area contributed by atoms with E-state index >= 15 is 0 Å². The van der Waals surface area contributed by atoms with Crippen molar-refractivity contribution < 1.29 is 4.42 Å². The average molecular weight is 150 g/mol. The summed E-state index contributed by atoms with van der Waals surface area (Å²) in [6.07, 6.45) is 3.52. The Balaban J connectivity index is 2.98. The molecule has 1 aromatic heterocycles. The largest absolute Gasteiger partial charge is 0.468 e. The minimum Gasteiger partial charge on any atom is -0.468 e. The van der Waals surface area contributed by atoms with Crippen molar-refractivity contribution in [2.45, 2.75) is 26.2 Å². The fourth-order valence-electron chi connectivity index (χ4n) is 0.851. The molecule has 0 saturated carbocycles. The van der Waals surface area contributed by atoms with Crippen LogP contribution in [0, 0.1) is 0 Å². The Labute approximate surface area is 67.7 Å². The molecule has 0 N–H and O–H groups in total. The molecule has 0 atom stereocenters. The third-order valence-corrected chi connectivity index (χ3v) is 1.59. The first-order valence-electron chi connectivity index (χ1n) is 3.75. The molecule has 11 heavy (non-hydrogen) atoms. The van der Waals surface area contributed by atoms with Gasteiger partial charge in [0.15, 0.2) is 0 Å². The summed E-state index contributed by atoms with van der Waals surface area (Å²) in [6.45, 7) is 10.0. The Kier molecular flexibility index (Phi) is 1.90. The summed E-state index contributed by atoms with van der Waals surface area (Å²) in [7, 11) is 0. The molecule has 60 valence electrons. The quantitative estimate of drug-likeness (QED) is 0.599. The van der Waals surface area contributed by atoms with E-state index in [1.807, 2.05) is 6.07 Å². The standard InChI is InChI=1S/C10H14O/c1-5-8-6-9(11-7-8)10(2,3)4/h5-7H,1H2,2-4H3. The van der Waals surface area contributed by atoms with Crippen molar-refractivity contribution in [3.8, 4) is 0 Å². The van der Waals surface area contributed by atoms with E-state index < -0.39 is 0 Å². The van der Waals surface area contributed by atoms with Crippen LogP contribution in [0.1, 0.15) is 32.1 Å². The average Bonchev–Trinajstić information content (AvgIpc) is 2.32. The predicted molar refractivity (Wildman–Crippen MR) is 47.5 cm³/mol. The van der Waals surface area contributed by atoms with Gasteiger partial charge in [-0.1, -0.05) is 33.4 Å². The summed E-state index contributed by atoms with van der Waals surface area (Å²) in [6, 6.07) is 2.02. The maximum absolute atomic E-state index is 5.35. The van der Waals surface area contributed by atoms with E-state index in [1.54, 1.807) is 12.3 Å². The molecule has 0 unspecified atom stereocenters. The lowest BCUT2D eigenvalue weighted by Crippen LogP contribution is -2.08. The molecule has 0 aliphatic carbocycles. The van der Waals surface area contributed by atoms with E-state index in [4.69, 9.17) is 4.42 Å². The van der Waals surface area contributed by atoms with Gasteiger partial charge < -0.3 is 4.42 Å². The lowest BCUT2D eigenvalue weighted by Gasteiger charge is -2.13. The van der Waals surface area contributed by atoms with Gasteiger partial charge in [0.25, 0.3) is 0 Å². The second-order valence-corrected chi connectivity index (χ2v) is 3.70. The fourth-order valence-corrected chi connectivity index (χ4v) is 0.851. The van der Waals surface area contributed by atoms with Crippen LogP contribution < -0.4 is 0 Å². The van der Waals surface area contributed by atoms with Crippen molar-refractivity contribution in [1.82, 2.24) is 0 Å². The van der Waals surface area contributed by atoms with E-state index in [0.717, 1.165) is 11.3 Å². The zero-order valence-corrected chi connectivity index (χ0v) is 7.35. The van der Waals surface area contributed by atoms with Gasteiger partial charge >= 0.3 is 0 Å². The summed E-state index contributed by atoms with van der Waals surface area (Å²) in [5.74, 6) is 1.01. The van der Waals surface area contributed by atoms with E-state index in [9.17, 15) is 0 Å². The van der Waals surface area contributed by atoms with Gasteiger partial charge in [0.05, 0.1) is 6.26 Å². The van der Waals surface area contributed by atoms with Crippen molar-refractivity contribution in [1.29, 1.82) is 0 Å². The highest BCUT2D eigenvalue weighted by atomic mass is 16.3. The van der Waals surface area contributed by atoms with Gasteiger partial charge in [-0.15, -0.1) is 0 Å². The molecule has 1 rings (SSSR count). The first kappa shape index (κ1) is 8.12. The molecule has 1 aromatic rings. The van der Waals surface area contributed by atoms with Crippen LogP contribution >= 0.6 is 0 Å². The molecule has 0 saturated heterocycles. The maximum atomic E-state index is 5.35. The van der Waals surface area contributed by atoms with E-state index in [0.29, 0.717) is 0 Å². The molecule has 0 fully saturated rings. The molecule has 0 aliphatic heterocycles. The summed E-state index contributed by atoms with van der Waals surface area (Å²) < 4.78 is 5.35. The maximum Gasteiger partial charge on any atom is 0.109 e. The Morgan fingerprint density at radius 1 is 1.45 bits per heavy atom. The van der Waals surface area contributed by atoms with E-state index in [2.05, 4.69) is 27.4 Å². The van der Waals surface area contributed by atoms with E-state index in [-0.39, 0.29) is 5.41 Å². The Morgan fingerprint density at radius 2 is 2.09 bits per heavy atom. The van der Waals surface area contributed by atoms with Crippen LogP contribution in [0.15, 0.2) is 23.3 Å². The van der Waals surface area contributed by atoms with Crippen LogP contribution in [0.25, 0.3) is 6.08 Å². The lowest BCUT2D eigenvalue weighted by molar-refractivity contribution is 0.409. The topological polar surface area (TPSA) is 13.1 Å². The van der Waals surface area contributed by atoms with Gasteiger partial charge in [0.2, 0.25) is 0 Å². The third kappa shape index (κ3) is 1.73. The zero-order chi connectivity index (χ0) is 8.48. The summed E-state index contributed by atoms with van der Waals surface area (Å²) in [4.78, 5) is 0. The molecule has 0 aliphatic rings. The van der Waals surface area contributed by atoms with Crippen molar-refractivity contribution in [3.05, 3.63) is 30.2 Å². The number of furan rings is 1. The van der Waals surface area contributed by atoms with Crippen molar-refractivity contribution in [2.75, 3.05) is 0 Å². The van der Waals surface area contributed by atoms with Crippen LogP contribution in [0.2, 0.25) is 0 Å². The monoisotopic (exact) mass is 150 g/mol. The second kappa shape index (κ2) is 2.57. The van der Waals surface area contributed by atoms with Gasteiger partial charge in [-0.25, -0.2) is 0 Å². The minimum absolute atomic E-state index is 0.0985. The van der Waals surface area contributed by atoms with Gasteiger partial charge in [0.1, 0.15) is 5.76 Å². The van der Waals surface area contributed by atoms with Crippen LogP contribution in [-0.2, 0) is 5.41 Å². The molecule has 0 spiro atoms. The minimum atomic E-state index is 0.0985. The van der Waals surface area contributed by atoms with Gasteiger partial charge in [-0.3, -0.25) is 0 Å². The molecule has 0 bridgehead atoms. The van der Waals surface area contributed by atoms with Crippen LogP contribution in [-0.4, -0.2) is 0 Å². The summed E-state index contributed by atoms with van der Waals surface area (Å²) in [5, 5.41) is 0. The predicted octanol–water partition coefficient (Wildman–Crippen LogP) is 3.22. The second-order valence-electron chi connectivity index (χ2n) is 3.70. The smallest absolute Gasteiger partial charge is 0.109 e. The highest BCUT2D eigenvalue weighted by molar-refractivity contribution is 5.45. The van der Waals surface area contributed by atoms with Crippen molar-refractivity contribution in [3.63, 3.8) is 0 Å². The molecular formula is C10H14O. The molecule has 1 nitrogen and oxygen atoms in total. The molecule has 0 aromatic carbocycles. The number of rotatable bonds is 1. The first-order valence-corrected chi connectivity index (χ1v) is 3.75.